The number of anilines is 1. The highest BCUT2D eigenvalue weighted by Crippen LogP contribution is 2.39. The Hall–Kier alpha value is -3.91. The van der Waals surface area contributed by atoms with Crippen molar-refractivity contribution in [1.82, 2.24) is 24.7 Å². The Balaban J connectivity index is 1.62. The minimum absolute atomic E-state index is 0.228. The zero-order valence-electron chi connectivity index (χ0n) is 17.1. The summed E-state index contributed by atoms with van der Waals surface area (Å²) in [5.41, 5.74) is 2.74. The van der Waals surface area contributed by atoms with Crippen LogP contribution in [0.25, 0.3) is 11.4 Å². The van der Waals surface area contributed by atoms with E-state index in [4.69, 9.17) is 16.7 Å². The number of rotatable bonds is 4. The molecule has 0 saturated carbocycles. The number of benzene rings is 1. The van der Waals surface area contributed by atoms with Crippen molar-refractivity contribution in [1.29, 1.82) is 0 Å². The number of hydrogen-bond donors (Lipinski definition) is 1. The van der Waals surface area contributed by atoms with Gasteiger partial charge in [0, 0.05) is 34.9 Å². The number of aliphatic imine (C=N–C) groups is 1. The van der Waals surface area contributed by atoms with E-state index >= 15 is 0 Å². The van der Waals surface area contributed by atoms with E-state index in [-0.39, 0.29) is 5.91 Å². The van der Waals surface area contributed by atoms with E-state index in [0.717, 1.165) is 11.1 Å². The molecule has 1 aromatic carbocycles. The predicted octanol–water partition coefficient (Wildman–Crippen LogP) is 4.34. The van der Waals surface area contributed by atoms with Crippen molar-refractivity contribution >= 4 is 34.9 Å². The van der Waals surface area contributed by atoms with Crippen LogP contribution in [-0.4, -0.2) is 36.4 Å². The van der Waals surface area contributed by atoms with Gasteiger partial charge in [-0.3, -0.25) is 14.8 Å². The Kier molecular flexibility index (Phi) is 5.20. The maximum Gasteiger partial charge on any atom is 0.248 e. The number of pyridine rings is 2. The van der Waals surface area contributed by atoms with Crippen LogP contribution >= 0.6 is 11.6 Å². The van der Waals surface area contributed by atoms with E-state index in [9.17, 15) is 4.79 Å². The van der Waals surface area contributed by atoms with E-state index in [0.29, 0.717) is 28.2 Å². The fourth-order valence-corrected chi connectivity index (χ4v) is 4.06. The number of amides is 1. The largest absolute Gasteiger partial charge is 0.324 e. The van der Waals surface area contributed by atoms with Crippen LogP contribution in [0.4, 0.5) is 11.6 Å². The van der Waals surface area contributed by atoms with Gasteiger partial charge in [0.05, 0.1) is 17.9 Å². The fraction of sp³-hybridized carbons (Fsp3) is 0.130. The molecule has 0 bridgehead atoms. The Morgan fingerprint density at radius 2 is 1.81 bits per heavy atom. The third kappa shape index (κ3) is 3.65. The molecule has 158 valence electrons. The summed E-state index contributed by atoms with van der Waals surface area (Å²) in [6.45, 7) is 1.82. The van der Waals surface area contributed by atoms with Crippen molar-refractivity contribution < 1.29 is 4.79 Å². The van der Waals surface area contributed by atoms with Crippen LogP contribution in [0.3, 0.4) is 0 Å². The van der Waals surface area contributed by atoms with Crippen molar-refractivity contribution in [2.24, 2.45) is 10.9 Å². The molecule has 0 fully saturated rings. The number of carbonyl (C=O) groups is 1. The highest BCUT2D eigenvalue weighted by molar-refractivity contribution is 6.31. The van der Waals surface area contributed by atoms with Crippen LogP contribution in [-0.2, 0) is 4.79 Å². The zero-order valence-corrected chi connectivity index (χ0v) is 17.8. The molecule has 1 aliphatic heterocycles. The van der Waals surface area contributed by atoms with Crippen LogP contribution < -0.4 is 5.32 Å². The van der Waals surface area contributed by atoms with Crippen LogP contribution in [0, 0.1) is 5.92 Å². The van der Waals surface area contributed by atoms with Gasteiger partial charge in [-0.2, -0.15) is 4.98 Å². The molecule has 9 heteroatoms. The first-order valence-corrected chi connectivity index (χ1v) is 10.4. The first-order valence-electron chi connectivity index (χ1n) is 9.99. The average molecular weight is 444 g/mol. The number of aromatic nitrogens is 5. The molecule has 1 amide bonds. The van der Waals surface area contributed by atoms with Crippen molar-refractivity contribution in [3.05, 3.63) is 83.9 Å². The molecule has 4 aromatic rings. The Bertz CT molecular complexity index is 1300. The molecule has 0 saturated heterocycles. The van der Waals surface area contributed by atoms with E-state index in [2.05, 4.69) is 25.3 Å². The lowest BCUT2D eigenvalue weighted by Crippen LogP contribution is -2.39. The first-order chi connectivity index (χ1) is 15.6. The van der Waals surface area contributed by atoms with Gasteiger partial charge < -0.3 is 5.32 Å². The summed E-state index contributed by atoms with van der Waals surface area (Å²) in [5, 5.41) is 8.17. The van der Waals surface area contributed by atoms with Crippen molar-refractivity contribution in [3.8, 4) is 11.4 Å². The van der Waals surface area contributed by atoms with Gasteiger partial charge in [0.25, 0.3) is 0 Å². The number of nitrogens with one attached hydrogen (secondary N) is 1. The molecule has 8 nitrogen and oxygen atoms in total. The van der Waals surface area contributed by atoms with Gasteiger partial charge in [0.1, 0.15) is 5.92 Å². The number of fused-ring (bicyclic) bond motifs is 1. The molecule has 2 atom stereocenters. The molecular weight excluding hydrogens is 426 g/mol. The van der Waals surface area contributed by atoms with E-state index in [1.807, 2.05) is 37.3 Å². The monoisotopic (exact) mass is 443 g/mol. The predicted molar refractivity (Wildman–Crippen MR) is 122 cm³/mol. The average Bonchev–Trinajstić information content (AvgIpc) is 3.23. The quantitative estimate of drug-likeness (QED) is 0.506. The third-order valence-corrected chi connectivity index (χ3v) is 5.62. The smallest absolute Gasteiger partial charge is 0.248 e. The summed E-state index contributed by atoms with van der Waals surface area (Å²) in [6, 6.07) is 14.1. The van der Waals surface area contributed by atoms with Crippen molar-refractivity contribution in [2.75, 3.05) is 5.32 Å². The minimum atomic E-state index is -0.647. The zero-order chi connectivity index (χ0) is 22.1. The van der Waals surface area contributed by atoms with Crippen molar-refractivity contribution in [3.63, 3.8) is 0 Å². The summed E-state index contributed by atoms with van der Waals surface area (Å²) >= 11 is 6.57. The fourth-order valence-electron chi connectivity index (χ4n) is 3.81. The molecule has 0 aliphatic carbocycles. The summed E-state index contributed by atoms with van der Waals surface area (Å²) in [4.78, 5) is 30.8. The number of halogens is 1. The number of nitrogens with zero attached hydrogens (tertiary/aromatic N) is 6. The molecule has 1 N–H and O–H groups in total. The lowest BCUT2D eigenvalue weighted by Gasteiger charge is -2.30. The standard InChI is InChI=1S/C23H18ClN7O/c1-14-19(22(32)28-16-7-5-11-26-13-16)20(17-8-2-3-9-18(17)24)31-23(27-14)29-21(30-31)15-6-4-10-25-12-15/h2-13,19-20H,1H3,(H,28,32). The minimum Gasteiger partial charge on any atom is -0.324 e. The molecule has 4 heterocycles. The Labute approximate surface area is 189 Å². The van der Waals surface area contributed by atoms with E-state index in [1.54, 1.807) is 47.7 Å². The summed E-state index contributed by atoms with van der Waals surface area (Å²) in [6.07, 6.45) is 6.62. The van der Waals surface area contributed by atoms with Gasteiger partial charge in [-0.15, -0.1) is 5.10 Å². The normalized spacial score (nSPS) is 17.4. The summed E-state index contributed by atoms with van der Waals surface area (Å²) in [7, 11) is 0. The van der Waals surface area contributed by atoms with E-state index < -0.39 is 12.0 Å². The highest BCUT2D eigenvalue weighted by atomic mass is 35.5. The molecule has 2 unspecified atom stereocenters. The molecule has 1 aliphatic rings. The van der Waals surface area contributed by atoms with Gasteiger partial charge in [-0.1, -0.05) is 29.8 Å². The summed E-state index contributed by atoms with van der Waals surface area (Å²) in [5.74, 6) is 0.0195. The van der Waals surface area contributed by atoms with Crippen LogP contribution in [0.5, 0.6) is 0 Å². The lowest BCUT2D eigenvalue weighted by atomic mass is 9.87. The van der Waals surface area contributed by atoms with Gasteiger partial charge in [-0.25, -0.2) is 9.67 Å². The molecule has 0 spiro atoms. The summed E-state index contributed by atoms with van der Waals surface area (Å²) < 4.78 is 1.67. The first kappa shape index (κ1) is 20.0. The molecular formula is C23H18ClN7O. The lowest BCUT2D eigenvalue weighted by molar-refractivity contribution is -0.118. The second-order valence-electron chi connectivity index (χ2n) is 7.35. The molecule has 0 radical (unpaired) electrons. The molecule has 3 aromatic heterocycles. The van der Waals surface area contributed by atoms with Crippen LogP contribution in [0.15, 0.2) is 78.3 Å². The highest BCUT2D eigenvalue weighted by Gasteiger charge is 2.40. The Morgan fingerprint density at radius 1 is 1.03 bits per heavy atom. The number of hydrogen-bond acceptors (Lipinski definition) is 6. The van der Waals surface area contributed by atoms with Crippen molar-refractivity contribution in [2.45, 2.75) is 13.0 Å². The molecule has 5 rings (SSSR count). The molecule has 32 heavy (non-hydrogen) atoms. The van der Waals surface area contributed by atoms with E-state index in [1.165, 1.54) is 0 Å². The second-order valence-corrected chi connectivity index (χ2v) is 7.76. The van der Waals surface area contributed by atoms with Gasteiger partial charge in [0.15, 0.2) is 5.82 Å². The van der Waals surface area contributed by atoms with Crippen LogP contribution in [0.2, 0.25) is 5.02 Å². The van der Waals surface area contributed by atoms with Gasteiger partial charge >= 0.3 is 0 Å². The SMILES string of the molecule is CC1=Nc2nc(-c3cccnc3)nn2C(c2ccccc2Cl)C1C(=O)Nc1cccnc1. The Morgan fingerprint density at radius 3 is 2.53 bits per heavy atom. The second kappa shape index (κ2) is 8.32. The van der Waals surface area contributed by atoms with Crippen LogP contribution in [0.1, 0.15) is 18.5 Å². The maximum absolute atomic E-state index is 13.4. The van der Waals surface area contributed by atoms with Gasteiger partial charge in [-0.05, 0) is 42.8 Å². The van der Waals surface area contributed by atoms with Gasteiger partial charge in [0.2, 0.25) is 11.9 Å². The third-order valence-electron chi connectivity index (χ3n) is 5.27. The number of carbonyl (C=O) groups excluding carboxylic acids is 1. The maximum atomic E-state index is 13.4. The topological polar surface area (TPSA) is 98.0 Å².